The standard InChI is InChI=1S/C19H27NO2/c1-4-15-8-5-6-11-20(15)18(12-21)17-10-7-9-16-13(2)14(3)22-19(16)17/h7,9-10,15,18,21H,4-6,8,11-12H2,1-3H3. The van der Waals surface area contributed by atoms with E-state index in [-0.39, 0.29) is 12.6 Å². The molecule has 2 heterocycles. The number of furan rings is 1. The van der Waals surface area contributed by atoms with Crippen LogP contribution in [0.4, 0.5) is 0 Å². The second-order valence-corrected chi connectivity index (χ2v) is 6.50. The average molecular weight is 301 g/mol. The van der Waals surface area contributed by atoms with Crippen molar-refractivity contribution in [2.24, 2.45) is 0 Å². The zero-order chi connectivity index (χ0) is 15.7. The molecule has 0 spiro atoms. The third-order valence-corrected chi connectivity index (χ3v) is 5.31. The molecule has 2 unspecified atom stereocenters. The number of para-hydroxylation sites is 1. The van der Waals surface area contributed by atoms with Gasteiger partial charge in [0, 0.05) is 17.0 Å². The molecule has 1 aromatic carbocycles. The molecule has 1 aliphatic heterocycles. The van der Waals surface area contributed by atoms with Crippen molar-refractivity contribution in [3.63, 3.8) is 0 Å². The highest BCUT2D eigenvalue weighted by atomic mass is 16.3. The second kappa shape index (κ2) is 6.43. The molecule has 22 heavy (non-hydrogen) atoms. The monoisotopic (exact) mass is 301 g/mol. The van der Waals surface area contributed by atoms with Gasteiger partial charge in [0.1, 0.15) is 11.3 Å². The van der Waals surface area contributed by atoms with Crippen molar-refractivity contribution in [2.45, 2.75) is 58.5 Å². The lowest BCUT2D eigenvalue weighted by molar-refractivity contribution is 0.0548. The Bertz CT molecular complexity index is 646. The lowest BCUT2D eigenvalue weighted by atomic mass is 9.94. The van der Waals surface area contributed by atoms with Crippen LogP contribution < -0.4 is 0 Å². The van der Waals surface area contributed by atoms with Gasteiger partial charge in [0.05, 0.1) is 12.6 Å². The number of hydrogen-bond acceptors (Lipinski definition) is 3. The molecule has 0 amide bonds. The predicted octanol–water partition coefficient (Wildman–Crippen LogP) is 4.35. The van der Waals surface area contributed by atoms with E-state index >= 15 is 0 Å². The van der Waals surface area contributed by atoms with E-state index in [4.69, 9.17) is 4.42 Å². The van der Waals surface area contributed by atoms with Gasteiger partial charge in [0.25, 0.3) is 0 Å². The van der Waals surface area contributed by atoms with Gasteiger partial charge in [-0.1, -0.05) is 31.5 Å². The number of rotatable bonds is 4. The first-order valence-electron chi connectivity index (χ1n) is 8.52. The van der Waals surface area contributed by atoms with Gasteiger partial charge in [0.2, 0.25) is 0 Å². The van der Waals surface area contributed by atoms with E-state index in [1.165, 1.54) is 30.2 Å². The Morgan fingerprint density at radius 3 is 2.86 bits per heavy atom. The predicted molar refractivity (Wildman–Crippen MR) is 90.2 cm³/mol. The van der Waals surface area contributed by atoms with Gasteiger partial charge in [-0.25, -0.2) is 0 Å². The first-order valence-corrected chi connectivity index (χ1v) is 8.52. The van der Waals surface area contributed by atoms with Gasteiger partial charge in [-0.3, -0.25) is 4.90 Å². The summed E-state index contributed by atoms with van der Waals surface area (Å²) >= 11 is 0. The van der Waals surface area contributed by atoms with E-state index in [2.05, 4.69) is 36.9 Å². The van der Waals surface area contributed by atoms with E-state index in [9.17, 15) is 5.11 Å². The number of benzene rings is 1. The number of aliphatic hydroxyl groups excluding tert-OH is 1. The highest BCUT2D eigenvalue weighted by Crippen LogP contribution is 2.36. The third-order valence-electron chi connectivity index (χ3n) is 5.31. The van der Waals surface area contributed by atoms with Crippen molar-refractivity contribution >= 4 is 11.0 Å². The molecule has 1 aromatic heterocycles. The number of aliphatic hydroxyl groups is 1. The van der Waals surface area contributed by atoms with Crippen LogP contribution in [0.1, 0.15) is 55.5 Å². The number of hydrogen-bond donors (Lipinski definition) is 1. The fourth-order valence-corrected chi connectivity index (χ4v) is 3.90. The van der Waals surface area contributed by atoms with Crippen molar-refractivity contribution in [3.05, 3.63) is 35.1 Å². The molecule has 1 aliphatic rings. The Labute approximate surface area is 132 Å². The molecule has 2 atom stereocenters. The van der Waals surface area contributed by atoms with Crippen LogP contribution in [0.5, 0.6) is 0 Å². The summed E-state index contributed by atoms with van der Waals surface area (Å²) in [5.74, 6) is 0.977. The minimum atomic E-state index is 0.0406. The smallest absolute Gasteiger partial charge is 0.139 e. The molecular formula is C19H27NO2. The number of likely N-dealkylation sites (tertiary alicyclic amines) is 1. The van der Waals surface area contributed by atoms with E-state index < -0.39 is 0 Å². The van der Waals surface area contributed by atoms with E-state index in [1.807, 2.05) is 6.92 Å². The summed E-state index contributed by atoms with van der Waals surface area (Å²) < 4.78 is 6.03. The molecule has 120 valence electrons. The highest BCUT2D eigenvalue weighted by molar-refractivity contribution is 5.85. The summed E-state index contributed by atoms with van der Waals surface area (Å²) in [7, 11) is 0. The summed E-state index contributed by atoms with van der Waals surface area (Å²) in [6, 6.07) is 6.93. The molecule has 0 aliphatic carbocycles. The van der Waals surface area contributed by atoms with Gasteiger partial charge in [-0.15, -0.1) is 0 Å². The molecule has 3 heteroatoms. The van der Waals surface area contributed by atoms with Crippen LogP contribution in [-0.2, 0) is 0 Å². The summed E-state index contributed by atoms with van der Waals surface area (Å²) in [6.07, 6.45) is 4.90. The molecule has 1 N–H and O–H groups in total. The van der Waals surface area contributed by atoms with Crippen LogP contribution >= 0.6 is 0 Å². The molecular weight excluding hydrogens is 274 g/mol. The molecule has 2 aromatic rings. The zero-order valence-electron chi connectivity index (χ0n) is 13.9. The minimum absolute atomic E-state index is 0.0406. The molecule has 1 fully saturated rings. The Balaban J connectivity index is 2.05. The Morgan fingerprint density at radius 1 is 1.32 bits per heavy atom. The first kappa shape index (κ1) is 15.6. The maximum absolute atomic E-state index is 10.1. The summed E-state index contributed by atoms with van der Waals surface area (Å²) in [4.78, 5) is 2.49. The van der Waals surface area contributed by atoms with Crippen molar-refractivity contribution < 1.29 is 9.52 Å². The van der Waals surface area contributed by atoms with Crippen molar-refractivity contribution in [2.75, 3.05) is 13.2 Å². The van der Waals surface area contributed by atoms with Crippen LogP contribution in [0.3, 0.4) is 0 Å². The fourth-order valence-electron chi connectivity index (χ4n) is 3.90. The number of nitrogens with zero attached hydrogens (tertiary/aromatic N) is 1. The summed E-state index contributed by atoms with van der Waals surface area (Å²) in [5, 5.41) is 11.3. The van der Waals surface area contributed by atoms with Gasteiger partial charge in [-0.05, 0) is 45.2 Å². The number of aryl methyl sites for hydroxylation is 2. The largest absolute Gasteiger partial charge is 0.461 e. The molecule has 0 bridgehead atoms. The quantitative estimate of drug-likeness (QED) is 0.912. The Kier molecular flexibility index (Phi) is 4.55. The lowest BCUT2D eigenvalue weighted by Gasteiger charge is -2.40. The topological polar surface area (TPSA) is 36.6 Å². The van der Waals surface area contributed by atoms with Crippen molar-refractivity contribution in [1.29, 1.82) is 0 Å². The Morgan fingerprint density at radius 2 is 2.14 bits per heavy atom. The van der Waals surface area contributed by atoms with Gasteiger partial charge in [0.15, 0.2) is 0 Å². The minimum Gasteiger partial charge on any atom is -0.461 e. The summed E-state index contributed by atoms with van der Waals surface area (Å²) in [5.41, 5.74) is 3.30. The van der Waals surface area contributed by atoms with Crippen LogP contribution in [0.15, 0.2) is 22.6 Å². The lowest BCUT2D eigenvalue weighted by Crippen LogP contribution is -2.43. The maximum Gasteiger partial charge on any atom is 0.139 e. The van der Waals surface area contributed by atoms with E-state index in [1.54, 1.807) is 0 Å². The molecule has 3 rings (SSSR count). The third kappa shape index (κ3) is 2.57. The molecule has 3 nitrogen and oxygen atoms in total. The van der Waals surface area contributed by atoms with E-state index in [0.717, 1.165) is 29.9 Å². The van der Waals surface area contributed by atoms with Gasteiger partial charge in [-0.2, -0.15) is 0 Å². The fraction of sp³-hybridized carbons (Fsp3) is 0.579. The summed E-state index contributed by atoms with van der Waals surface area (Å²) in [6.45, 7) is 7.59. The average Bonchev–Trinajstić information content (AvgIpc) is 2.84. The molecule has 1 saturated heterocycles. The second-order valence-electron chi connectivity index (χ2n) is 6.50. The molecule has 0 saturated carbocycles. The zero-order valence-corrected chi connectivity index (χ0v) is 13.9. The van der Waals surface area contributed by atoms with Crippen molar-refractivity contribution in [1.82, 2.24) is 4.90 Å². The number of piperidine rings is 1. The van der Waals surface area contributed by atoms with Crippen LogP contribution in [0, 0.1) is 13.8 Å². The van der Waals surface area contributed by atoms with Crippen LogP contribution in [0.25, 0.3) is 11.0 Å². The highest BCUT2D eigenvalue weighted by Gasteiger charge is 2.30. The number of fused-ring (bicyclic) bond motifs is 1. The SMILES string of the molecule is CCC1CCCCN1C(CO)c1cccc2c(C)c(C)oc12. The van der Waals surface area contributed by atoms with Crippen LogP contribution in [0.2, 0.25) is 0 Å². The van der Waals surface area contributed by atoms with Crippen LogP contribution in [-0.4, -0.2) is 29.2 Å². The first-order chi connectivity index (χ1) is 10.7. The van der Waals surface area contributed by atoms with E-state index in [0.29, 0.717) is 6.04 Å². The maximum atomic E-state index is 10.1. The van der Waals surface area contributed by atoms with Gasteiger partial charge >= 0.3 is 0 Å². The molecule has 0 radical (unpaired) electrons. The normalized spacial score (nSPS) is 21.4. The van der Waals surface area contributed by atoms with Gasteiger partial charge < -0.3 is 9.52 Å². The van der Waals surface area contributed by atoms with Crippen molar-refractivity contribution in [3.8, 4) is 0 Å². The Hall–Kier alpha value is -1.32.